The van der Waals surface area contributed by atoms with Gasteiger partial charge in [0, 0.05) is 31.2 Å². The number of H-pyrrole nitrogens is 1. The van der Waals surface area contributed by atoms with Gasteiger partial charge in [-0.2, -0.15) is 9.40 Å². The minimum atomic E-state index is -3.52. The van der Waals surface area contributed by atoms with Crippen LogP contribution in [0.15, 0.2) is 11.2 Å². The lowest BCUT2D eigenvalue weighted by Gasteiger charge is -2.31. The SMILES string of the molecule is CCC1CN(S(=O)(=O)c2[nH]ncc2CNC2CC2)CCO1. The van der Waals surface area contributed by atoms with Crippen LogP contribution < -0.4 is 5.32 Å². The molecular formula is C13H22N4O3S. The van der Waals surface area contributed by atoms with Gasteiger partial charge in [0.1, 0.15) is 0 Å². The Balaban J connectivity index is 1.75. The first kappa shape index (κ1) is 15.0. The summed E-state index contributed by atoms with van der Waals surface area (Å²) in [7, 11) is -3.52. The number of rotatable bonds is 6. The van der Waals surface area contributed by atoms with Crippen molar-refractivity contribution in [2.24, 2.45) is 0 Å². The second kappa shape index (κ2) is 6.04. The van der Waals surface area contributed by atoms with Crippen LogP contribution in [0.4, 0.5) is 0 Å². The summed E-state index contributed by atoms with van der Waals surface area (Å²) in [4.78, 5) is 0. The van der Waals surface area contributed by atoms with E-state index in [1.807, 2.05) is 6.92 Å². The van der Waals surface area contributed by atoms with Gasteiger partial charge in [-0.1, -0.05) is 6.92 Å². The Morgan fingerprint density at radius 1 is 1.52 bits per heavy atom. The third kappa shape index (κ3) is 3.28. The lowest BCUT2D eigenvalue weighted by atomic mass is 10.2. The second-order valence-corrected chi connectivity index (χ2v) is 7.52. The Morgan fingerprint density at radius 3 is 3.05 bits per heavy atom. The van der Waals surface area contributed by atoms with Crippen molar-refractivity contribution < 1.29 is 13.2 Å². The fourth-order valence-electron chi connectivity index (χ4n) is 2.48. The number of nitrogens with zero attached hydrogens (tertiary/aromatic N) is 2. The molecule has 1 aliphatic carbocycles. The number of morpholine rings is 1. The number of hydrogen-bond acceptors (Lipinski definition) is 5. The van der Waals surface area contributed by atoms with E-state index in [-0.39, 0.29) is 11.1 Å². The maximum absolute atomic E-state index is 12.8. The van der Waals surface area contributed by atoms with Crippen molar-refractivity contribution in [3.63, 3.8) is 0 Å². The molecule has 1 aromatic heterocycles. The van der Waals surface area contributed by atoms with Gasteiger partial charge in [-0.05, 0) is 19.3 Å². The van der Waals surface area contributed by atoms with Crippen LogP contribution in [0.5, 0.6) is 0 Å². The number of aromatic nitrogens is 2. The van der Waals surface area contributed by atoms with Gasteiger partial charge < -0.3 is 10.1 Å². The first-order valence-electron chi connectivity index (χ1n) is 7.48. The van der Waals surface area contributed by atoms with Crippen LogP contribution >= 0.6 is 0 Å². The third-order valence-corrected chi connectivity index (χ3v) is 5.87. The Bertz CT molecular complexity index is 582. The molecule has 2 fully saturated rings. The quantitative estimate of drug-likeness (QED) is 0.796. The fraction of sp³-hybridized carbons (Fsp3) is 0.769. The predicted octanol–water partition coefficient (Wildman–Crippen LogP) is 0.461. The minimum absolute atomic E-state index is 0.0236. The van der Waals surface area contributed by atoms with Crippen LogP contribution in [0.1, 0.15) is 31.7 Å². The summed E-state index contributed by atoms with van der Waals surface area (Å²) < 4.78 is 32.6. The van der Waals surface area contributed by atoms with Crippen LogP contribution in [-0.4, -0.2) is 54.8 Å². The van der Waals surface area contributed by atoms with Crippen LogP contribution in [0, 0.1) is 0 Å². The van der Waals surface area contributed by atoms with E-state index in [0.29, 0.717) is 37.8 Å². The van der Waals surface area contributed by atoms with E-state index in [0.717, 1.165) is 6.42 Å². The van der Waals surface area contributed by atoms with Gasteiger partial charge in [0.05, 0.1) is 18.9 Å². The zero-order valence-electron chi connectivity index (χ0n) is 12.2. The average molecular weight is 314 g/mol. The molecule has 0 bridgehead atoms. The number of nitrogens with one attached hydrogen (secondary N) is 2. The lowest BCUT2D eigenvalue weighted by Crippen LogP contribution is -2.45. The first-order chi connectivity index (χ1) is 10.1. The van der Waals surface area contributed by atoms with Gasteiger partial charge in [-0.25, -0.2) is 8.42 Å². The lowest BCUT2D eigenvalue weighted by molar-refractivity contribution is -0.00286. The molecule has 0 spiro atoms. The average Bonchev–Trinajstić information content (AvgIpc) is 3.20. The van der Waals surface area contributed by atoms with E-state index in [1.54, 1.807) is 6.20 Å². The van der Waals surface area contributed by atoms with Crippen molar-refractivity contribution >= 4 is 10.0 Å². The molecule has 0 amide bonds. The fourth-order valence-corrected chi connectivity index (χ4v) is 4.04. The maximum Gasteiger partial charge on any atom is 0.260 e. The summed E-state index contributed by atoms with van der Waals surface area (Å²) in [6, 6.07) is 0.531. The number of aromatic amines is 1. The summed E-state index contributed by atoms with van der Waals surface area (Å²) in [6.45, 7) is 3.79. The van der Waals surface area contributed by atoms with E-state index in [9.17, 15) is 8.42 Å². The number of ether oxygens (including phenoxy) is 1. The zero-order valence-corrected chi connectivity index (χ0v) is 13.0. The molecule has 1 aliphatic heterocycles. The highest BCUT2D eigenvalue weighted by Gasteiger charge is 2.33. The zero-order chi connectivity index (χ0) is 14.9. The molecule has 3 rings (SSSR count). The Morgan fingerprint density at radius 2 is 2.33 bits per heavy atom. The minimum Gasteiger partial charge on any atom is -0.375 e. The third-order valence-electron chi connectivity index (χ3n) is 3.99. The smallest absolute Gasteiger partial charge is 0.260 e. The predicted molar refractivity (Wildman–Crippen MR) is 77.2 cm³/mol. The molecule has 2 heterocycles. The molecule has 1 aromatic rings. The summed E-state index contributed by atoms with van der Waals surface area (Å²) in [5, 5.41) is 10.1. The highest BCUT2D eigenvalue weighted by Crippen LogP contribution is 2.23. The summed E-state index contributed by atoms with van der Waals surface area (Å²) in [5.74, 6) is 0. The number of sulfonamides is 1. The van der Waals surface area contributed by atoms with Gasteiger partial charge in [0.15, 0.2) is 5.03 Å². The highest BCUT2D eigenvalue weighted by atomic mass is 32.2. The Kier molecular flexibility index (Phi) is 4.30. The normalized spacial score (nSPS) is 24.3. The molecule has 1 saturated carbocycles. The molecule has 1 unspecified atom stereocenters. The van der Waals surface area contributed by atoms with Crippen LogP contribution in [0.25, 0.3) is 0 Å². The first-order valence-corrected chi connectivity index (χ1v) is 8.92. The van der Waals surface area contributed by atoms with E-state index < -0.39 is 10.0 Å². The maximum atomic E-state index is 12.8. The standard InChI is InChI=1S/C13H22N4O3S/c1-2-12-9-17(5-6-20-12)21(18,19)13-10(8-15-16-13)7-14-11-3-4-11/h8,11-12,14H,2-7,9H2,1H3,(H,15,16). The molecular weight excluding hydrogens is 292 g/mol. The van der Waals surface area contributed by atoms with Crippen molar-refractivity contribution in [1.29, 1.82) is 0 Å². The molecule has 118 valence electrons. The molecule has 2 N–H and O–H groups in total. The molecule has 1 saturated heterocycles. The van der Waals surface area contributed by atoms with Crippen LogP contribution in [0.2, 0.25) is 0 Å². The molecule has 21 heavy (non-hydrogen) atoms. The second-order valence-electron chi connectivity index (χ2n) is 5.64. The number of hydrogen-bond donors (Lipinski definition) is 2. The largest absolute Gasteiger partial charge is 0.375 e. The van der Waals surface area contributed by atoms with Gasteiger partial charge in [0.25, 0.3) is 10.0 Å². The molecule has 0 aromatic carbocycles. The van der Waals surface area contributed by atoms with Gasteiger partial charge in [0.2, 0.25) is 0 Å². The monoisotopic (exact) mass is 314 g/mol. The van der Waals surface area contributed by atoms with Crippen LogP contribution in [0.3, 0.4) is 0 Å². The molecule has 8 heteroatoms. The van der Waals surface area contributed by atoms with Gasteiger partial charge in [-0.3, -0.25) is 5.10 Å². The molecule has 1 atom stereocenters. The van der Waals surface area contributed by atoms with E-state index in [4.69, 9.17) is 4.74 Å². The summed E-state index contributed by atoms with van der Waals surface area (Å²) >= 11 is 0. The highest BCUT2D eigenvalue weighted by molar-refractivity contribution is 7.89. The van der Waals surface area contributed by atoms with Gasteiger partial charge in [-0.15, -0.1) is 0 Å². The van der Waals surface area contributed by atoms with Crippen molar-refractivity contribution in [2.45, 2.75) is 49.9 Å². The molecule has 7 nitrogen and oxygen atoms in total. The van der Waals surface area contributed by atoms with Gasteiger partial charge >= 0.3 is 0 Å². The topological polar surface area (TPSA) is 87.3 Å². The molecule has 2 aliphatic rings. The summed E-state index contributed by atoms with van der Waals surface area (Å²) in [6.07, 6.45) is 4.72. The van der Waals surface area contributed by atoms with E-state index in [2.05, 4.69) is 15.5 Å². The summed E-state index contributed by atoms with van der Waals surface area (Å²) in [5.41, 5.74) is 0.710. The van der Waals surface area contributed by atoms with Crippen molar-refractivity contribution in [3.8, 4) is 0 Å². The molecule has 0 radical (unpaired) electrons. The Labute approximate surface area is 125 Å². The Hall–Kier alpha value is -0.960. The van der Waals surface area contributed by atoms with Crippen molar-refractivity contribution in [2.75, 3.05) is 19.7 Å². The van der Waals surface area contributed by atoms with Crippen LogP contribution in [-0.2, 0) is 21.3 Å². The van der Waals surface area contributed by atoms with E-state index >= 15 is 0 Å². The van der Waals surface area contributed by atoms with Crippen molar-refractivity contribution in [1.82, 2.24) is 19.8 Å². The van der Waals surface area contributed by atoms with Crippen molar-refractivity contribution in [3.05, 3.63) is 11.8 Å². The van der Waals surface area contributed by atoms with E-state index in [1.165, 1.54) is 17.1 Å².